The van der Waals surface area contributed by atoms with Crippen LogP contribution in [0.2, 0.25) is 0 Å². The summed E-state index contributed by atoms with van der Waals surface area (Å²) in [6, 6.07) is 4.03. The second kappa shape index (κ2) is 3.82. The molecule has 0 spiro atoms. The van der Waals surface area contributed by atoms with Gasteiger partial charge in [0.15, 0.2) is 0 Å². The Balaban J connectivity index is 2.05. The third-order valence-electron chi connectivity index (χ3n) is 3.55. The molecule has 1 aromatic rings. The van der Waals surface area contributed by atoms with Crippen molar-refractivity contribution >= 4 is 17.5 Å². The number of nitrogens with zero attached hydrogens (tertiary/aromatic N) is 2. The molecule has 1 aliphatic carbocycles. The summed E-state index contributed by atoms with van der Waals surface area (Å²) in [5, 5.41) is 8.95. The molecule has 4 nitrogen and oxygen atoms in total. The van der Waals surface area contributed by atoms with E-state index in [1.807, 2.05) is 0 Å². The van der Waals surface area contributed by atoms with Gasteiger partial charge in [0.25, 0.3) is 0 Å². The minimum Gasteiger partial charge on any atom is -0.274 e. The molecule has 1 saturated carbocycles. The molecule has 1 saturated heterocycles. The third kappa shape index (κ3) is 1.68. The monoisotopic (exact) mass is 280 g/mol. The molecule has 102 valence electrons. The number of benzene rings is 1. The quantitative estimate of drug-likeness (QED) is 0.740. The SMILES string of the molecule is N#Cc1cc(C(F)(F)F)ccc1N1C(=O)C2CC2C1=O. The molecule has 1 heterocycles. The predicted molar refractivity (Wildman–Crippen MR) is 60.2 cm³/mol. The summed E-state index contributed by atoms with van der Waals surface area (Å²) in [7, 11) is 0. The smallest absolute Gasteiger partial charge is 0.274 e. The zero-order valence-electron chi connectivity index (χ0n) is 9.94. The van der Waals surface area contributed by atoms with E-state index >= 15 is 0 Å². The number of carbonyl (C=O) groups is 2. The molecule has 1 aliphatic heterocycles. The van der Waals surface area contributed by atoms with Crippen molar-refractivity contribution in [2.45, 2.75) is 12.6 Å². The molecule has 20 heavy (non-hydrogen) atoms. The molecule has 2 unspecified atom stereocenters. The zero-order valence-corrected chi connectivity index (χ0v) is 9.94. The van der Waals surface area contributed by atoms with Crippen LogP contribution in [0.15, 0.2) is 18.2 Å². The van der Waals surface area contributed by atoms with Crippen LogP contribution >= 0.6 is 0 Å². The van der Waals surface area contributed by atoms with Crippen molar-refractivity contribution < 1.29 is 22.8 Å². The first-order valence-electron chi connectivity index (χ1n) is 5.83. The van der Waals surface area contributed by atoms with Crippen LogP contribution in [0.4, 0.5) is 18.9 Å². The van der Waals surface area contributed by atoms with Gasteiger partial charge in [-0.15, -0.1) is 0 Å². The Hall–Kier alpha value is -2.36. The van der Waals surface area contributed by atoms with Crippen LogP contribution in [0.1, 0.15) is 17.5 Å². The molecule has 7 heteroatoms. The van der Waals surface area contributed by atoms with Crippen molar-refractivity contribution in [2.75, 3.05) is 4.90 Å². The molecule has 0 bridgehead atoms. The molecule has 1 aromatic carbocycles. The van der Waals surface area contributed by atoms with Crippen LogP contribution in [0, 0.1) is 23.2 Å². The molecule has 2 aliphatic rings. The van der Waals surface area contributed by atoms with Crippen molar-refractivity contribution in [3.05, 3.63) is 29.3 Å². The van der Waals surface area contributed by atoms with Gasteiger partial charge in [-0.25, -0.2) is 4.90 Å². The fraction of sp³-hybridized carbons (Fsp3) is 0.308. The van der Waals surface area contributed by atoms with E-state index in [2.05, 4.69) is 0 Å². The second-order valence-corrected chi connectivity index (χ2v) is 4.80. The molecule has 2 atom stereocenters. The number of fused-ring (bicyclic) bond motifs is 1. The molecular formula is C13H7F3N2O2. The lowest BCUT2D eigenvalue weighted by Gasteiger charge is -2.18. The Labute approximate surface area is 111 Å². The van der Waals surface area contributed by atoms with Crippen LogP contribution < -0.4 is 4.90 Å². The van der Waals surface area contributed by atoms with E-state index in [-0.39, 0.29) is 23.1 Å². The van der Waals surface area contributed by atoms with Gasteiger partial charge in [0.1, 0.15) is 6.07 Å². The highest BCUT2D eigenvalue weighted by molar-refractivity contribution is 6.25. The average molecular weight is 280 g/mol. The van der Waals surface area contributed by atoms with Crippen LogP contribution in [0.25, 0.3) is 0 Å². The van der Waals surface area contributed by atoms with Crippen LogP contribution in [-0.2, 0) is 15.8 Å². The van der Waals surface area contributed by atoms with Gasteiger partial charge in [-0.1, -0.05) is 0 Å². The van der Waals surface area contributed by atoms with Crippen molar-refractivity contribution in [2.24, 2.45) is 11.8 Å². The Morgan fingerprint density at radius 1 is 1.20 bits per heavy atom. The predicted octanol–water partition coefficient (Wildman–Crippen LogP) is 2.09. The maximum atomic E-state index is 12.6. The van der Waals surface area contributed by atoms with Gasteiger partial charge in [-0.05, 0) is 24.6 Å². The van der Waals surface area contributed by atoms with Gasteiger partial charge in [-0.3, -0.25) is 9.59 Å². The highest BCUT2D eigenvalue weighted by Gasteiger charge is 2.59. The van der Waals surface area contributed by atoms with E-state index in [1.54, 1.807) is 6.07 Å². The van der Waals surface area contributed by atoms with Gasteiger partial charge in [0, 0.05) is 0 Å². The lowest BCUT2D eigenvalue weighted by molar-refractivity contribution is -0.137. The summed E-state index contributed by atoms with van der Waals surface area (Å²) >= 11 is 0. The number of amides is 2. The summed E-state index contributed by atoms with van der Waals surface area (Å²) in [5.41, 5.74) is -1.38. The second-order valence-electron chi connectivity index (χ2n) is 4.80. The maximum Gasteiger partial charge on any atom is 0.416 e. The normalized spacial score (nSPS) is 24.6. The standard InChI is InChI=1S/C13H7F3N2O2/c14-13(15,16)7-1-2-10(6(3-7)5-17)18-11(19)8-4-9(8)12(18)20/h1-3,8-9H,4H2. The Morgan fingerprint density at radius 2 is 1.80 bits per heavy atom. The number of rotatable bonds is 1. The largest absolute Gasteiger partial charge is 0.416 e. The van der Waals surface area contributed by atoms with E-state index in [1.165, 1.54) is 0 Å². The molecule has 0 N–H and O–H groups in total. The minimum absolute atomic E-state index is 0.0669. The number of nitriles is 1. The summed E-state index contributed by atoms with van der Waals surface area (Å²) in [6.07, 6.45) is -4.08. The van der Waals surface area contributed by atoms with Gasteiger partial charge in [0.05, 0.1) is 28.7 Å². The van der Waals surface area contributed by atoms with E-state index in [4.69, 9.17) is 5.26 Å². The molecule has 0 aromatic heterocycles. The summed E-state index contributed by atoms with van der Waals surface area (Å²) < 4.78 is 37.7. The summed E-state index contributed by atoms with van der Waals surface area (Å²) in [5.74, 6) is -1.60. The number of hydrogen-bond acceptors (Lipinski definition) is 3. The van der Waals surface area contributed by atoms with Gasteiger partial charge >= 0.3 is 6.18 Å². The maximum absolute atomic E-state index is 12.6. The lowest BCUT2D eigenvalue weighted by Crippen LogP contribution is -2.33. The number of anilines is 1. The number of alkyl halides is 3. The topological polar surface area (TPSA) is 61.2 Å². The van der Waals surface area contributed by atoms with Crippen molar-refractivity contribution in [3.63, 3.8) is 0 Å². The minimum atomic E-state index is -4.58. The van der Waals surface area contributed by atoms with Crippen LogP contribution in [-0.4, -0.2) is 11.8 Å². The highest BCUT2D eigenvalue weighted by atomic mass is 19.4. The van der Waals surface area contributed by atoms with Crippen molar-refractivity contribution in [1.29, 1.82) is 5.26 Å². The van der Waals surface area contributed by atoms with E-state index in [0.717, 1.165) is 17.0 Å². The van der Waals surface area contributed by atoms with Gasteiger partial charge in [0.2, 0.25) is 11.8 Å². The zero-order chi connectivity index (χ0) is 14.7. The number of piperidine rings is 1. The van der Waals surface area contributed by atoms with E-state index in [9.17, 15) is 22.8 Å². The summed E-state index contributed by atoms with van der Waals surface area (Å²) in [6.45, 7) is 0. The summed E-state index contributed by atoms with van der Waals surface area (Å²) in [4.78, 5) is 24.6. The van der Waals surface area contributed by atoms with Crippen molar-refractivity contribution in [3.8, 4) is 6.07 Å². The number of halogens is 3. The van der Waals surface area contributed by atoms with Crippen LogP contribution in [0.3, 0.4) is 0 Å². The molecule has 2 fully saturated rings. The molecule has 3 rings (SSSR count). The molecule has 0 radical (unpaired) electrons. The highest BCUT2D eigenvalue weighted by Crippen LogP contribution is 2.49. The molecular weight excluding hydrogens is 273 g/mol. The first-order valence-corrected chi connectivity index (χ1v) is 5.83. The Morgan fingerprint density at radius 3 is 2.30 bits per heavy atom. The van der Waals surface area contributed by atoms with Crippen LogP contribution in [0.5, 0.6) is 0 Å². The van der Waals surface area contributed by atoms with Gasteiger partial charge in [-0.2, -0.15) is 18.4 Å². The average Bonchev–Trinajstić information content (AvgIpc) is 3.13. The molecule has 2 amide bonds. The first-order chi connectivity index (χ1) is 9.34. The first kappa shape index (κ1) is 12.7. The number of imide groups is 1. The fourth-order valence-corrected chi connectivity index (χ4v) is 2.42. The van der Waals surface area contributed by atoms with E-state index in [0.29, 0.717) is 12.5 Å². The fourth-order valence-electron chi connectivity index (χ4n) is 2.42. The number of hydrogen-bond donors (Lipinski definition) is 0. The third-order valence-corrected chi connectivity index (χ3v) is 3.55. The van der Waals surface area contributed by atoms with Crippen molar-refractivity contribution in [1.82, 2.24) is 0 Å². The Kier molecular flexibility index (Phi) is 2.42. The number of carbonyl (C=O) groups excluding carboxylic acids is 2. The lowest BCUT2D eigenvalue weighted by atomic mass is 10.1. The van der Waals surface area contributed by atoms with Gasteiger partial charge < -0.3 is 0 Å². The van der Waals surface area contributed by atoms with E-state index < -0.39 is 23.6 Å². The Bertz CT molecular complexity index is 655.